The Balaban J connectivity index is 1.86. The molecule has 0 aromatic heterocycles. The number of methoxy groups -OCH3 is 1. The van der Waals surface area contributed by atoms with Crippen LogP contribution in [0.5, 0.6) is 11.5 Å². The first kappa shape index (κ1) is 20.2. The van der Waals surface area contributed by atoms with Crippen LogP contribution in [0.2, 0.25) is 0 Å². The van der Waals surface area contributed by atoms with Gasteiger partial charge in [-0.05, 0) is 55.3 Å². The summed E-state index contributed by atoms with van der Waals surface area (Å²) in [4.78, 5) is 23.8. The average molecular weight is 375 g/mol. The largest absolute Gasteiger partial charge is 0.497 e. The molecule has 0 radical (unpaired) electrons. The van der Waals surface area contributed by atoms with E-state index in [4.69, 9.17) is 9.47 Å². The summed E-state index contributed by atoms with van der Waals surface area (Å²) in [6.45, 7) is 1.68. The van der Waals surface area contributed by atoms with E-state index in [9.17, 15) is 19.1 Å². The lowest BCUT2D eigenvalue weighted by Crippen LogP contribution is -2.49. The third-order valence-electron chi connectivity index (χ3n) is 4.12. The highest BCUT2D eigenvalue weighted by atomic mass is 19.1. The second kappa shape index (κ2) is 9.02. The normalized spacial score (nSPS) is 12.7. The average Bonchev–Trinajstić information content (AvgIpc) is 2.66. The van der Waals surface area contributed by atoms with Crippen LogP contribution >= 0.6 is 0 Å². The molecule has 0 saturated carbocycles. The van der Waals surface area contributed by atoms with Gasteiger partial charge in [-0.25, -0.2) is 9.18 Å². The molecule has 2 N–H and O–H groups in total. The standard InChI is InChI=1S/C20H22FNO5/c1-20(19(24)25,14-5-7-15(21)8-6-14)22-18(23)4-3-13-27-17-11-9-16(26-2)10-12-17/h5-12H,3-4,13H2,1-2H3,(H,22,23)(H,24,25). The molecule has 2 aromatic rings. The molecule has 0 aliphatic carbocycles. The number of carbonyl (C=O) groups excluding carboxylic acids is 1. The minimum atomic E-state index is -1.64. The fraction of sp³-hybridized carbons (Fsp3) is 0.300. The highest BCUT2D eigenvalue weighted by molar-refractivity contribution is 5.87. The van der Waals surface area contributed by atoms with Crippen molar-refractivity contribution in [3.05, 3.63) is 59.9 Å². The highest BCUT2D eigenvalue weighted by Gasteiger charge is 2.36. The number of benzene rings is 2. The van der Waals surface area contributed by atoms with Crippen LogP contribution in [-0.4, -0.2) is 30.7 Å². The summed E-state index contributed by atoms with van der Waals surface area (Å²) in [5, 5.41) is 12.0. The fourth-order valence-corrected chi connectivity index (χ4v) is 2.47. The Morgan fingerprint density at radius 3 is 2.22 bits per heavy atom. The van der Waals surface area contributed by atoms with E-state index in [1.165, 1.54) is 19.1 Å². The van der Waals surface area contributed by atoms with Gasteiger partial charge in [0.2, 0.25) is 5.91 Å². The molecular formula is C20H22FNO5. The van der Waals surface area contributed by atoms with E-state index in [0.29, 0.717) is 24.3 Å². The minimum absolute atomic E-state index is 0.0974. The Kier molecular flexibility index (Phi) is 6.76. The maximum atomic E-state index is 13.1. The number of carboxylic acid groups (broad SMARTS) is 1. The molecule has 7 heteroatoms. The van der Waals surface area contributed by atoms with Crippen molar-refractivity contribution in [2.45, 2.75) is 25.3 Å². The van der Waals surface area contributed by atoms with Crippen LogP contribution in [0.4, 0.5) is 4.39 Å². The Bertz CT molecular complexity index is 776. The number of ether oxygens (including phenoxy) is 2. The molecule has 1 amide bonds. The molecule has 2 rings (SSSR count). The molecule has 0 fully saturated rings. The van der Waals surface area contributed by atoms with Gasteiger partial charge in [0.05, 0.1) is 13.7 Å². The third-order valence-corrected chi connectivity index (χ3v) is 4.12. The van der Waals surface area contributed by atoms with Crippen molar-refractivity contribution in [1.82, 2.24) is 5.32 Å². The summed E-state index contributed by atoms with van der Waals surface area (Å²) in [5.74, 6) is -0.763. The third kappa shape index (κ3) is 5.44. The van der Waals surface area contributed by atoms with Gasteiger partial charge in [-0.15, -0.1) is 0 Å². The van der Waals surface area contributed by atoms with Gasteiger partial charge in [0.1, 0.15) is 17.3 Å². The van der Waals surface area contributed by atoms with Crippen LogP contribution in [0.3, 0.4) is 0 Å². The zero-order valence-electron chi connectivity index (χ0n) is 15.2. The van der Waals surface area contributed by atoms with E-state index in [2.05, 4.69) is 5.32 Å². The lowest BCUT2D eigenvalue weighted by Gasteiger charge is -2.27. The second-order valence-corrected chi connectivity index (χ2v) is 6.11. The lowest BCUT2D eigenvalue weighted by molar-refractivity contribution is -0.147. The van der Waals surface area contributed by atoms with Gasteiger partial charge in [0.15, 0.2) is 5.54 Å². The summed E-state index contributed by atoms with van der Waals surface area (Å²) in [6.07, 6.45) is 0.511. The Morgan fingerprint density at radius 2 is 1.67 bits per heavy atom. The molecule has 0 aliphatic rings. The Morgan fingerprint density at radius 1 is 1.07 bits per heavy atom. The topological polar surface area (TPSA) is 84.9 Å². The quantitative estimate of drug-likeness (QED) is 0.658. The SMILES string of the molecule is COc1ccc(OCCCC(=O)NC(C)(C(=O)O)c2ccc(F)cc2)cc1. The van der Waals surface area contributed by atoms with Crippen LogP contribution in [-0.2, 0) is 15.1 Å². The van der Waals surface area contributed by atoms with Crippen LogP contribution in [0.1, 0.15) is 25.3 Å². The number of hydrogen-bond donors (Lipinski definition) is 2. The van der Waals surface area contributed by atoms with E-state index in [0.717, 1.165) is 17.9 Å². The fourth-order valence-electron chi connectivity index (χ4n) is 2.47. The summed E-state index contributed by atoms with van der Waals surface area (Å²) < 4.78 is 23.7. The molecule has 0 aliphatic heterocycles. The van der Waals surface area contributed by atoms with Crippen LogP contribution < -0.4 is 14.8 Å². The lowest BCUT2D eigenvalue weighted by atomic mass is 9.91. The van der Waals surface area contributed by atoms with Crippen molar-refractivity contribution in [1.29, 1.82) is 0 Å². The predicted molar refractivity (Wildman–Crippen MR) is 97.3 cm³/mol. The van der Waals surface area contributed by atoms with E-state index >= 15 is 0 Å². The first-order valence-electron chi connectivity index (χ1n) is 8.42. The second-order valence-electron chi connectivity index (χ2n) is 6.11. The monoisotopic (exact) mass is 375 g/mol. The van der Waals surface area contributed by atoms with Crippen LogP contribution in [0.25, 0.3) is 0 Å². The van der Waals surface area contributed by atoms with Gasteiger partial charge in [0.25, 0.3) is 0 Å². The number of aliphatic carboxylic acids is 1. The van der Waals surface area contributed by atoms with Gasteiger partial charge >= 0.3 is 5.97 Å². The zero-order valence-corrected chi connectivity index (χ0v) is 15.2. The molecule has 0 saturated heterocycles. The number of carboxylic acids is 1. The summed E-state index contributed by atoms with van der Waals surface area (Å²) in [6, 6.07) is 12.1. The molecule has 0 bridgehead atoms. The smallest absolute Gasteiger partial charge is 0.333 e. The summed E-state index contributed by atoms with van der Waals surface area (Å²) in [5.41, 5.74) is -1.35. The minimum Gasteiger partial charge on any atom is -0.497 e. The number of carbonyl (C=O) groups is 2. The first-order chi connectivity index (χ1) is 12.8. The van der Waals surface area contributed by atoms with Crippen LogP contribution in [0.15, 0.2) is 48.5 Å². The van der Waals surface area contributed by atoms with E-state index in [-0.39, 0.29) is 6.42 Å². The first-order valence-corrected chi connectivity index (χ1v) is 8.42. The molecular weight excluding hydrogens is 353 g/mol. The van der Waals surface area contributed by atoms with Gasteiger partial charge in [-0.2, -0.15) is 0 Å². The molecule has 6 nitrogen and oxygen atoms in total. The van der Waals surface area contributed by atoms with Gasteiger partial charge in [-0.1, -0.05) is 12.1 Å². The van der Waals surface area contributed by atoms with Crippen molar-refractivity contribution in [2.24, 2.45) is 0 Å². The van der Waals surface area contributed by atoms with E-state index in [1.807, 2.05) is 0 Å². The van der Waals surface area contributed by atoms with E-state index < -0.39 is 23.2 Å². The molecule has 2 aromatic carbocycles. The van der Waals surface area contributed by atoms with Gasteiger partial charge < -0.3 is 19.9 Å². The predicted octanol–water partition coefficient (Wildman–Crippen LogP) is 3.11. The van der Waals surface area contributed by atoms with E-state index in [1.54, 1.807) is 31.4 Å². The molecule has 1 unspecified atom stereocenters. The van der Waals surface area contributed by atoms with Crippen molar-refractivity contribution in [3.63, 3.8) is 0 Å². The van der Waals surface area contributed by atoms with Crippen molar-refractivity contribution in [2.75, 3.05) is 13.7 Å². The number of hydrogen-bond acceptors (Lipinski definition) is 4. The highest BCUT2D eigenvalue weighted by Crippen LogP contribution is 2.22. The molecule has 1 atom stereocenters. The maximum absolute atomic E-state index is 13.1. The summed E-state index contributed by atoms with van der Waals surface area (Å²) in [7, 11) is 1.57. The number of amides is 1. The number of halogens is 1. The van der Waals surface area contributed by atoms with Crippen LogP contribution in [0, 0.1) is 5.82 Å². The molecule has 0 spiro atoms. The van der Waals surface area contributed by atoms with Crippen molar-refractivity contribution in [3.8, 4) is 11.5 Å². The van der Waals surface area contributed by atoms with Gasteiger partial charge in [-0.3, -0.25) is 4.79 Å². The molecule has 0 heterocycles. The number of nitrogens with one attached hydrogen (secondary N) is 1. The Labute approximate surface area is 156 Å². The molecule has 27 heavy (non-hydrogen) atoms. The van der Waals surface area contributed by atoms with Crippen molar-refractivity contribution >= 4 is 11.9 Å². The van der Waals surface area contributed by atoms with Gasteiger partial charge in [0, 0.05) is 6.42 Å². The zero-order chi connectivity index (χ0) is 19.9. The number of rotatable bonds is 9. The summed E-state index contributed by atoms with van der Waals surface area (Å²) >= 11 is 0. The maximum Gasteiger partial charge on any atom is 0.333 e. The Hall–Kier alpha value is -3.09. The van der Waals surface area contributed by atoms with Crippen molar-refractivity contribution < 1.29 is 28.6 Å². The molecule has 144 valence electrons.